The summed E-state index contributed by atoms with van der Waals surface area (Å²) in [5, 5.41) is 23.6. The average molecular weight is 474 g/mol. The molecule has 0 saturated heterocycles. The minimum Gasteiger partial charge on any atom is -0.481 e. The van der Waals surface area contributed by atoms with Gasteiger partial charge in [0.25, 0.3) is 0 Å². The van der Waals surface area contributed by atoms with E-state index in [-0.39, 0.29) is 16.5 Å². The van der Waals surface area contributed by atoms with Crippen LogP contribution < -0.4 is 11.1 Å². The van der Waals surface area contributed by atoms with Crippen molar-refractivity contribution >= 4 is 46.5 Å². The second-order valence-corrected chi connectivity index (χ2v) is 8.35. The number of nitrogen functional groups attached to an aromatic ring is 1. The zero-order valence-corrected chi connectivity index (χ0v) is 18.9. The number of anilines is 1. The number of aliphatic hydroxyl groups excluding tert-OH is 1. The Morgan fingerprint density at radius 2 is 1.67 bits per heavy atom. The summed E-state index contributed by atoms with van der Waals surface area (Å²) < 4.78 is 0. The van der Waals surface area contributed by atoms with Crippen molar-refractivity contribution in [2.45, 2.75) is 44.6 Å². The second-order valence-electron chi connectivity index (χ2n) is 7.22. The van der Waals surface area contributed by atoms with Gasteiger partial charge in [-0.25, -0.2) is 0 Å². The number of aliphatic hydroxyl groups is 1. The van der Waals surface area contributed by atoms with Crippen LogP contribution in [0.5, 0.6) is 0 Å². The van der Waals surface area contributed by atoms with Crippen molar-refractivity contribution in [3.8, 4) is 0 Å². The first-order valence-corrected chi connectivity index (χ1v) is 11.0. The monoisotopic (exact) mass is 472 g/mol. The molecule has 1 atom stereocenters. The molecule has 0 amide bonds. The first-order valence-electron chi connectivity index (χ1n) is 9.91. The van der Waals surface area contributed by atoms with Gasteiger partial charge in [0.15, 0.2) is 0 Å². The molecule has 2 aromatic rings. The topological polar surface area (TPSA) is 95.6 Å². The Morgan fingerprint density at radius 1 is 0.967 bits per heavy atom. The lowest BCUT2D eigenvalue weighted by Crippen LogP contribution is -2.22. The van der Waals surface area contributed by atoms with Crippen molar-refractivity contribution in [3.63, 3.8) is 0 Å². The van der Waals surface area contributed by atoms with E-state index in [1.165, 1.54) is 0 Å². The molecule has 2 aromatic carbocycles. The van der Waals surface area contributed by atoms with Crippen molar-refractivity contribution in [1.29, 1.82) is 0 Å². The van der Waals surface area contributed by atoms with E-state index in [4.69, 9.17) is 45.6 Å². The number of carboxylic acid groups (broad SMARTS) is 1. The largest absolute Gasteiger partial charge is 0.481 e. The van der Waals surface area contributed by atoms with Gasteiger partial charge in [0.1, 0.15) is 0 Å². The van der Waals surface area contributed by atoms with E-state index in [0.29, 0.717) is 28.4 Å². The summed E-state index contributed by atoms with van der Waals surface area (Å²) >= 11 is 18.5. The van der Waals surface area contributed by atoms with Gasteiger partial charge in [0.05, 0.1) is 28.3 Å². The van der Waals surface area contributed by atoms with Crippen molar-refractivity contribution in [3.05, 3.63) is 62.1 Å². The number of aryl methyl sites for hydroxylation is 1. The van der Waals surface area contributed by atoms with E-state index < -0.39 is 12.1 Å². The van der Waals surface area contributed by atoms with Gasteiger partial charge in [-0.3, -0.25) is 4.79 Å². The lowest BCUT2D eigenvalue weighted by molar-refractivity contribution is -0.136. The highest BCUT2D eigenvalue weighted by atomic mass is 35.5. The lowest BCUT2D eigenvalue weighted by atomic mass is 10.0. The first kappa shape index (κ1) is 24.8. The molecule has 0 spiro atoms. The van der Waals surface area contributed by atoms with E-state index >= 15 is 0 Å². The van der Waals surface area contributed by atoms with Crippen LogP contribution in [0.3, 0.4) is 0 Å². The Morgan fingerprint density at radius 3 is 2.40 bits per heavy atom. The van der Waals surface area contributed by atoms with Crippen molar-refractivity contribution in [2.24, 2.45) is 0 Å². The molecule has 30 heavy (non-hydrogen) atoms. The Bertz CT molecular complexity index is 862. The van der Waals surface area contributed by atoms with Crippen LogP contribution >= 0.6 is 34.8 Å². The van der Waals surface area contributed by atoms with Gasteiger partial charge in [-0.05, 0) is 43.0 Å². The fourth-order valence-electron chi connectivity index (χ4n) is 3.23. The fourth-order valence-corrected chi connectivity index (χ4v) is 3.99. The normalized spacial score (nSPS) is 12.1. The SMILES string of the molecule is Nc1ccc(C(O)CNCCCCCCc2cccc(CC(=O)O)c2Cl)c(Cl)c1Cl. The molecular formula is C22H27Cl3N2O3. The molecule has 1 unspecified atom stereocenters. The Balaban J connectivity index is 1.64. The fraction of sp³-hybridized carbons (Fsp3) is 0.409. The van der Waals surface area contributed by atoms with Crippen LogP contribution in [0.4, 0.5) is 5.69 Å². The number of rotatable bonds is 12. The number of unbranched alkanes of at least 4 members (excludes halogenated alkanes) is 3. The van der Waals surface area contributed by atoms with Gasteiger partial charge in [0.2, 0.25) is 0 Å². The van der Waals surface area contributed by atoms with Crippen molar-refractivity contribution < 1.29 is 15.0 Å². The van der Waals surface area contributed by atoms with E-state index in [0.717, 1.165) is 44.2 Å². The average Bonchev–Trinajstić information content (AvgIpc) is 2.70. The molecule has 0 fully saturated rings. The minimum absolute atomic E-state index is 0.0576. The molecule has 0 radical (unpaired) electrons. The maximum absolute atomic E-state index is 10.9. The molecule has 0 aliphatic heterocycles. The number of benzene rings is 2. The van der Waals surface area contributed by atoms with Crippen LogP contribution in [0.15, 0.2) is 30.3 Å². The zero-order valence-electron chi connectivity index (χ0n) is 16.6. The molecule has 0 aliphatic rings. The van der Waals surface area contributed by atoms with Crippen LogP contribution in [-0.2, 0) is 17.6 Å². The van der Waals surface area contributed by atoms with Gasteiger partial charge < -0.3 is 21.3 Å². The van der Waals surface area contributed by atoms with Crippen LogP contribution in [0.1, 0.15) is 48.5 Å². The Labute approximate surface area is 192 Å². The highest BCUT2D eigenvalue weighted by Crippen LogP contribution is 2.34. The molecule has 0 bridgehead atoms. The van der Waals surface area contributed by atoms with E-state index in [9.17, 15) is 9.90 Å². The summed E-state index contributed by atoms with van der Waals surface area (Å²) in [7, 11) is 0. The predicted molar refractivity (Wildman–Crippen MR) is 124 cm³/mol. The highest BCUT2D eigenvalue weighted by molar-refractivity contribution is 6.44. The minimum atomic E-state index is -0.881. The highest BCUT2D eigenvalue weighted by Gasteiger charge is 2.15. The molecule has 0 saturated carbocycles. The third-order valence-corrected chi connectivity index (χ3v) is 6.29. The number of hydrogen-bond donors (Lipinski definition) is 4. The third-order valence-electron chi connectivity index (χ3n) is 4.89. The van der Waals surface area contributed by atoms with Gasteiger partial charge in [-0.2, -0.15) is 0 Å². The van der Waals surface area contributed by atoms with Crippen LogP contribution in [0.2, 0.25) is 15.1 Å². The molecule has 0 aliphatic carbocycles. The summed E-state index contributed by atoms with van der Waals surface area (Å²) in [6.07, 6.45) is 4.07. The van der Waals surface area contributed by atoms with Crippen molar-refractivity contribution in [1.82, 2.24) is 5.32 Å². The molecular weight excluding hydrogens is 447 g/mol. The summed E-state index contributed by atoms with van der Waals surface area (Å²) in [5.74, 6) is -0.881. The maximum Gasteiger partial charge on any atom is 0.307 e. The number of aliphatic carboxylic acids is 1. The van der Waals surface area contributed by atoms with E-state index in [1.807, 2.05) is 12.1 Å². The van der Waals surface area contributed by atoms with Gasteiger partial charge in [-0.15, -0.1) is 0 Å². The molecule has 5 nitrogen and oxygen atoms in total. The smallest absolute Gasteiger partial charge is 0.307 e. The molecule has 0 aromatic heterocycles. The summed E-state index contributed by atoms with van der Waals surface area (Å²) in [4.78, 5) is 10.9. The predicted octanol–water partition coefficient (Wildman–Crippen LogP) is 5.28. The van der Waals surface area contributed by atoms with Gasteiger partial charge >= 0.3 is 5.97 Å². The maximum atomic E-state index is 10.9. The van der Waals surface area contributed by atoms with E-state index in [2.05, 4.69) is 5.32 Å². The molecule has 2 rings (SSSR count). The number of carbonyl (C=O) groups is 1. The summed E-state index contributed by atoms with van der Waals surface area (Å²) in [5.41, 5.74) is 8.30. The van der Waals surface area contributed by atoms with Crippen LogP contribution in [-0.4, -0.2) is 29.3 Å². The quantitative estimate of drug-likeness (QED) is 0.248. The Kier molecular flexibility index (Phi) is 10.2. The molecule has 8 heteroatoms. The standard InChI is InChI=1S/C22H27Cl3N2O3/c23-20-14(7-5-8-15(20)12-19(29)30)6-3-1-2-4-11-27-13-18(28)16-9-10-17(26)22(25)21(16)24/h5,7-10,18,27-28H,1-4,6,11-13,26H2,(H,29,30). The number of hydrogen-bond acceptors (Lipinski definition) is 4. The Hall–Kier alpha value is -1.50. The first-order chi connectivity index (χ1) is 14.3. The van der Waals surface area contributed by atoms with Crippen LogP contribution in [0, 0.1) is 0 Å². The molecule has 0 heterocycles. The van der Waals surface area contributed by atoms with Gasteiger partial charge in [-0.1, -0.05) is 71.9 Å². The van der Waals surface area contributed by atoms with E-state index in [1.54, 1.807) is 18.2 Å². The molecule has 164 valence electrons. The lowest BCUT2D eigenvalue weighted by Gasteiger charge is -2.15. The summed E-state index contributed by atoms with van der Waals surface area (Å²) in [6.45, 7) is 1.16. The van der Waals surface area contributed by atoms with Gasteiger partial charge in [0, 0.05) is 17.1 Å². The van der Waals surface area contributed by atoms with Crippen molar-refractivity contribution in [2.75, 3.05) is 18.8 Å². The number of nitrogens with two attached hydrogens (primary N) is 1. The van der Waals surface area contributed by atoms with Crippen LogP contribution in [0.25, 0.3) is 0 Å². The number of halogens is 3. The number of carboxylic acids is 1. The summed E-state index contributed by atoms with van der Waals surface area (Å²) in [6, 6.07) is 8.88. The zero-order chi connectivity index (χ0) is 22.1. The molecule has 5 N–H and O–H groups in total. The second kappa shape index (κ2) is 12.4. The third kappa shape index (κ3) is 7.33. The number of nitrogens with one attached hydrogen (secondary N) is 1.